The highest BCUT2D eigenvalue weighted by Gasteiger charge is 2.28. The van der Waals surface area contributed by atoms with Crippen LogP contribution < -0.4 is 5.73 Å². The lowest BCUT2D eigenvalue weighted by Gasteiger charge is -2.27. The largest absolute Gasteiger partial charge is 0.327 e. The molecule has 0 radical (unpaired) electrons. The van der Waals surface area contributed by atoms with Gasteiger partial charge in [0.15, 0.2) is 0 Å². The van der Waals surface area contributed by atoms with Crippen LogP contribution in [0.5, 0.6) is 0 Å². The fourth-order valence-electron chi connectivity index (χ4n) is 2.57. The number of hydrogen-bond donors (Lipinski definition) is 1. The van der Waals surface area contributed by atoms with Gasteiger partial charge in [0.2, 0.25) is 0 Å². The lowest BCUT2D eigenvalue weighted by molar-refractivity contribution is -0.123. The van der Waals surface area contributed by atoms with Crippen LogP contribution >= 0.6 is 11.6 Å². The van der Waals surface area contributed by atoms with Gasteiger partial charge in [-0.3, -0.25) is 4.79 Å². The standard InChI is InChI=1S/C14H17ClFNO/c15-11-5-3-6-12(16)10(11)8-14(18)9-4-1-2-7-13(9)17/h3,5-6,9,13H,1-2,4,7-8,17H2. The average Bonchev–Trinajstić information content (AvgIpc) is 2.34. The smallest absolute Gasteiger partial charge is 0.142 e. The average molecular weight is 270 g/mol. The Bertz CT molecular complexity index is 429. The van der Waals surface area contributed by atoms with Crippen LogP contribution in [0.4, 0.5) is 4.39 Å². The summed E-state index contributed by atoms with van der Waals surface area (Å²) >= 11 is 5.93. The number of hydrogen-bond acceptors (Lipinski definition) is 2. The van der Waals surface area contributed by atoms with Crippen LogP contribution in [0, 0.1) is 11.7 Å². The Labute approximate surface area is 111 Å². The van der Waals surface area contributed by atoms with Crippen molar-refractivity contribution in [2.75, 3.05) is 0 Å². The summed E-state index contributed by atoms with van der Waals surface area (Å²) in [6, 6.07) is 4.39. The summed E-state index contributed by atoms with van der Waals surface area (Å²) in [4.78, 5) is 12.2. The third-order valence-corrected chi connectivity index (χ3v) is 4.00. The quantitative estimate of drug-likeness (QED) is 0.916. The van der Waals surface area contributed by atoms with Gasteiger partial charge in [0.1, 0.15) is 11.6 Å². The minimum Gasteiger partial charge on any atom is -0.327 e. The predicted octanol–water partition coefficient (Wildman–Crippen LogP) is 3.11. The van der Waals surface area contributed by atoms with Gasteiger partial charge in [-0.25, -0.2) is 4.39 Å². The van der Waals surface area contributed by atoms with Gasteiger partial charge in [0.25, 0.3) is 0 Å². The Morgan fingerprint density at radius 2 is 2.11 bits per heavy atom. The van der Waals surface area contributed by atoms with Gasteiger partial charge < -0.3 is 5.73 Å². The summed E-state index contributed by atoms with van der Waals surface area (Å²) < 4.78 is 13.6. The molecule has 2 nitrogen and oxygen atoms in total. The molecule has 0 aliphatic heterocycles. The van der Waals surface area contributed by atoms with E-state index in [-0.39, 0.29) is 24.2 Å². The molecule has 2 unspecified atom stereocenters. The van der Waals surface area contributed by atoms with Crippen molar-refractivity contribution in [3.05, 3.63) is 34.6 Å². The SMILES string of the molecule is NC1CCCCC1C(=O)Cc1c(F)cccc1Cl. The zero-order chi connectivity index (χ0) is 13.1. The molecule has 0 saturated heterocycles. The van der Waals surface area contributed by atoms with Gasteiger partial charge in [-0.15, -0.1) is 0 Å². The van der Waals surface area contributed by atoms with Gasteiger partial charge in [0, 0.05) is 29.0 Å². The van der Waals surface area contributed by atoms with Crippen LogP contribution in [-0.2, 0) is 11.2 Å². The van der Waals surface area contributed by atoms with E-state index in [9.17, 15) is 9.18 Å². The molecule has 18 heavy (non-hydrogen) atoms. The first-order chi connectivity index (χ1) is 8.59. The third-order valence-electron chi connectivity index (χ3n) is 3.65. The minimum atomic E-state index is -0.416. The van der Waals surface area contributed by atoms with Crippen LogP contribution in [0.1, 0.15) is 31.2 Å². The van der Waals surface area contributed by atoms with E-state index in [1.165, 1.54) is 12.1 Å². The van der Waals surface area contributed by atoms with Gasteiger partial charge >= 0.3 is 0 Å². The molecule has 0 heterocycles. The summed E-state index contributed by atoms with van der Waals surface area (Å²) in [6.45, 7) is 0. The lowest BCUT2D eigenvalue weighted by atomic mass is 9.80. The number of rotatable bonds is 3. The third kappa shape index (κ3) is 2.90. The maximum atomic E-state index is 13.6. The fourth-order valence-corrected chi connectivity index (χ4v) is 2.80. The van der Waals surface area contributed by atoms with E-state index in [1.54, 1.807) is 6.07 Å². The van der Waals surface area contributed by atoms with Crippen LogP contribution in [-0.4, -0.2) is 11.8 Å². The van der Waals surface area contributed by atoms with Crippen molar-refractivity contribution in [3.8, 4) is 0 Å². The molecule has 4 heteroatoms. The van der Waals surface area contributed by atoms with E-state index in [0.29, 0.717) is 10.6 Å². The Kier molecular flexibility index (Phi) is 4.36. The lowest BCUT2D eigenvalue weighted by Crippen LogP contribution is -2.38. The molecule has 1 fully saturated rings. The summed E-state index contributed by atoms with van der Waals surface area (Å²) in [5.74, 6) is -0.552. The number of nitrogens with two attached hydrogens (primary N) is 1. The van der Waals surface area contributed by atoms with E-state index in [0.717, 1.165) is 25.7 Å². The maximum absolute atomic E-state index is 13.6. The Balaban J connectivity index is 2.11. The van der Waals surface area contributed by atoms with Crippen molar-refractivity contribution in [2.45, 2.75) is 38.1 Å². The number of benzene rings is 1. The molecular formula is C14H17ClFNO. The number of ketones is 1. The van der Waals surface area contributed by atoms with E-state index in [2.05, 4.69) is 0 Å². The van der Waals surface area contributed by atoms with Gasteiger partial charge in [-0.05, 0) is 25.0 Å². The zero-order valence-corrected chi connectivity index (χ0v) is 10.9. The van der Waals surface area contributed by atoms with Crippen molar-refractivity contribution < 1.29 is 9.18 Å². The second kappa shape index (κ2) is 5.81. The van der Waals surface area contributed by atoms with E-state index in [4.69, 9.17) is 17.3 Å². The summed E-state index contributed by atoms with van der Waals surface area (Å²) in [7, 11) is 0. The molecule has 1 aromatic rings. The van der Waals surface area contributed by atoms with Crippen molar-refractivity contribution in [1.82, 2.24) is 0 Å². The second-order valence-electron chi connectivity index (χ2n) is 4.90. The molecule has 2 atom stereocenters. The van der Waals surface area contributed by atoms with Gasteiger partial charge in [-0.1, -0.05) is 30.5 Å². The first-order valence-corrected chi connectivity index (χ1v) is 6.68. The molecule has 1 saturated carbocycles. The highest BCUT2D eigenvalue weighted by molar-refractivity contribution is 6.31. The van der Waals surface area contributed by atoms with Gasteiger partial charge in [-0.2, -0.15) is 0 Å². The molecule has 0 bridgehead atoms. The van der Waals surface area contributed by atoms with E-state index < -0.39 is 5.82 Å². The zero-order valence-electron chi connectivity index (χ0n) is 10.2. The topological polar surface area (TPSA) is 43.1 Å². The highest BCUT2D eigenvalue weighted by atomic mass is 35.5. The molecule has 0 spiro atoms. The van der Waals surface area contributed by atoms with E-state index in [1.807, 2.05) is 0 Å². The van der Waals surface area contributed by atoms with Gasteiger partial charge in [0.05, 0.1) is 0 Å². The molecular weight excluding hydrogens is 253 g/mol. The molecule has 98 valence electrons. The molecule has 1 aliphatic rings. The van der Waals surface area contributed by atoms with Crippen LogP contribution in [0.3, 0.4) is 0 Å². The van der Waals surface area contributed by atoms with Crippen molar-refractivity contribution in [1.29, 1.82) is 0 Å². The van der Waals surface area contributed by atoms with Crippen LogP contribution in [0.15, 0.2) is 18.2 Å². The number of carbonyl (C=O) groups is 1. The minimum absolute atomic E-state index is 0.00852. The molecule has 2 N–H and O–H groups in total. The molecule has 0 amide bonds. The Hall–Kier alpha value is -0.930. The Morgan fingerprint density at radius 1 is 1.39 bits per heavy atom. The summed E-state index contributed by atoms with van der Waals surface area (Å²) in [5.41, 5.74) is 6.26. The predicted molar refractivity (Wildman–Crippen MR) is 70.1 cm³/mol. The molecule has 2 rings (SSSR count). The normalized spacial score (nSPS) is 23.9. The monoisotopic (exact) mass is 269 g/mol. The first kappa shape index (κ1) is 13.5. The van der Waals surface area contributed by atoms with E-state index >= 15 is 0 Å². The molecule has 1 aromatic carbocycles. The number of Topliss-reactive ketones (excluding diaryl/α,β-unsaturated/α-hetero) is 1. The van der Waals surface area contributed by atoms with Crippen molar-refractivity contribution >= 4 is 17.4 Å². The number of halogens is 2. The molecule has 1 aliphatic carbocycles. The summed E-state index contributed by atoms with van der Waals surface area (Å²) in [5, 5.41) is 0.313. The maximum Gasteiger partial charge on any atom is 0.142 e. The Morgan fingerprint density at radius 3 is 2.78 bits per heavy atom. The van der Waals surface area contributed by atoms with Crippen molar-refractivity contribution in [2.24, 2.45) is 11.7 Å². The first-order valence-electron chi connectivity index (χ1n) is 6.31. The van der Waals surface area contributed by atoms with Crippen LogP contribution in [0.2, 0.25) is 5.02 Å². The highest BCUT2D eigenvalue weighted by Crippen LogP contribution is 2.27. The fraction of sp³-hybridized carbons (Fsp3) is 0.500. The summed E-state index contributed by atoms with van der Waals surface area (Å²) in [6.07, 6.45) is 3.83. The number of carbonyl (C=O) groups excluding carboxylic acids is 1. The van der Waals surface area contributed by atoms with Crippen LogP contribution in [0.25, 0.3) is 0 Å². The second-order valence-corrected chi connectivity index (χ2v) is 5.31. The van der Waals surface area contributed by atoms with Crippen molar-refractivity contribution in [3.63, 3.8) is 0 Å². The molecule has 0 aromatic heterocycles.